The summed E-state index contributed by atoms with van der Waals surface area (Å²) in [5.74, 6) is 3.41. The van der Waals surface area contributed by atoms with Crippen molar-refractivity contribution in [3.05, 3.63) is 234 Å². The van der Waals surface area contributed by atoms with Crippen LogP contribution in [0.15, 0.2) is 201 Å². The maximum atomic E-state index is 6.96. The van der Waals surface area contributed by atoms with Crippen LogP contribution >= 0.6 is 0 Å². The van der Waals surface area contributed by atoms with Crippen LogP contribution in [0.4, 0.5) is 0 Å². The van der Waals surface area contributed by atoms with E-state index < -0.39 is 5.41 Å². The lowest BCUT2D eigenvalue weighted by Gasteiger charge is -2.42. The van der Waals surface area contributed by atoms with Crippen LogP contribution in [0.3, 0.4) is 0 Å². The molecular weight excluding hydrogens is 759 g/mol. The van der Waals surface area contributed by atoms with Crippen molar-refractivity contribution in [3.8, 4) is 67.9 Å². The van der Waals surface area contributed by atoms with E-state index in [1.165, 1.54) is 5.56 Å². The first kappa shape index (κ1) is 35.6. The van der Waals surface area contributed by atoms with Crippen LogP contribution in [0.25, 0.3) is 79.3 Å². The Morgan fingerprint density at radius 1 is 0.371 bits per heavy atom. The Morgan fingerprint density at radius 3 is 1.61 bits per heavy atom. The van der Waals surface area contributed by atoms with Crippen molar-refractivity contribution in [3.63, 3.8) is 0 Å². The quantitative estimate of drug-likeness (QED) is 0.173. The molecule has 6 nitrogen and oxygen atoms in total. The van der Waals surface area contributed by atoms with Gasteiger partial charge < -0.3 is 4.74 Å². The van der Waals surface area contributed by atoms with Crippen LogP contribution in [-0.4, -0.2) is 24.9 Å². The molecule has 4 heterocycles. The Kier molecular flexibility index (Phi) is 8.28. The van der Waals surface area contributed by atoms with Gasteiger partial charge in [-0.3, -0.25) is 9.97 Å². The zero-order valence-corrected chi connectivity index (χ0v) is 33.4. The third-order valence-electron chi connectivity index (χ3n) is 12.2. The largest absolute Gasteiger partial charge is 0.456 e. The molecule has 0 radical (unpaired) electrons. The van der Waals surface area contributed by atoms with Gasteiger partial charge in [0, 0.05) is 69.1 Å². The second-order valence-electron chi connectivity index (χ2n) is 15.7. The second kappa shape index (κ2) is 14.4. The Hall–Kier alpha value is -8.35. The molecule has 3 aromatic heterocycles. The highest BCUT2D eigenvalue weighted by atomic mass is 16.5. The predicted octanol–water partition coefficient (Wildman–Crippen LogP) is 13.1. The topological polar surface area (TPSA) is 73.7 Å². The highest BCUT2D eigenvalue weighted by molar-refractivity contribution is 5.94. The number of pyridine rings is 2. The van der Waals surface area contributed by atoms with Crippen molar-refractivity contribution < 1.29 is 4.74 Å². The molecule has 0 saturated heterocycles. The molecule has 6 heteroatoms. The number of para-hydroxylation sites is 1. The van der Waals surface area contributed by atoms with Crippen LogP contribution in [0.1, 0.15) is 33.4 Å². The normalized spacial score (nSPS) is 14.6. The molecule has 0 N–H and O–H groups in total. The van der Waals surface area contributed by atoms with Gasteiger partial charge in [-0.05, 0) is 75.2 Å². The summed E-state index contributed by atoms with van der Waals surface area (Å²) in [4.78, 5) is 24.6. The molecule has 1 atom stereocenters. The summed E-state index contributed by atoms with van der Waals surface area (Å²) in [6.07, 6.45) is 11.8. The number of benzene rings is 7. The molecule has 0 fully saturated rings. The smallest absolute Gasteiger partial charge is 0.164 e. The van der Waals surface area contributed by atoms with Crippen molar-refractivity contribution in [2.75, 3.05) is 0 Å². The van der Waals surface area contributed by atoms with E-state index in [1.807, 2.05) is 36.7 Å². The number of hydrogen-bond acceptors (Lipinski definition) is 6. The van der Waals surface area contributed by atoms with Crippen LogP contribution in [0, 0.1) is 0 Å². The maximum absolute atomic E-state index is 6.96. The Labute approximate surface area is 358 Å². The van der Waals surface area contributed by atoms with E-state index >= 15 is 0 Å². The van der Waals surface area contributed by atoms with Crippen LogP contribution in [0.5, 0.6) is 11.5 Å². The zero-order valence-electron chi connectivity index (χ0n) is 33.4. The number of fused-ring (bicyclic) bond motifs is 10. The van der Waals surface area contributed by atoms with E-state index in [9.17, 15) is 0 Å². The molecule has 2 aliphatic rings. The van der Waals surface area contributed by atoms with Gasteiger partial charge >= 0.3 is 0 Å². The third-order valence-corrected chi connectivity index (χ3v) is 12.2. The Bertz CT molecular complexity index is 3300. The molecule has 10 aromatic rings. The fraction of sp³-hybridized carbons (Fsp3) is 0.0179. The number of aromatic nitrogens is 5. The minimum absolute atomic E-state index is 0.571. The highest BCUT2D eigenvalue weighted by Crippen LogP contribution is 2.59. The van der Waals surface area contributed by atoms with Crippen LogP contribution in [-0.2, 0) is 5.41 Å². The summed E-state index contributed by atoms with van der Waals surface area (Å²) < 4.78 is 6.96. The summed E-state index contributed by atoms with van der Waals surface area (Å²) in [5.41, 5.74) is 12.7. The predicted molar refractivity (Wildman–Crippen MR) is 247 cm³/mol. The van der Waals surface area contributed by atoms with E-state index in [4.69, 9.17) is 19.7 Å². The van der Waals surface area contributed by atoms with Crippen molar-refractivity contribution >= 4 is 22.9 Å². The van der Waals surface area contributed by atoms with Gasteiger partial charge in [0.05, 0.1) is 5.41 Å². The summed E-state index contributed by atoms with van der Waals surface area (Å²) in [6.45, 7) is 0. The summed E-state index contributed by atoms with van der Waals surface area (Å²) in [6, 6.07) is 61.5. The first-order valence-electron chi connectivity index (χ1n) is 20.7. The van der Waals surface area contributed by atoms with E-state index in [-0.39, 0.29) is 0 Å². The standard InChI is InChI=1S/C56H35N5O/c1-3-19-46-36(11-1)27-28-49-52(46)62-51-22-6-5-21-48(51)56(49)47-20-4-2-12-37(47)23-24-38-25-26-43(33-50(38)56)55-60-53(41-15-7-13-39(31-41)44-17-9-29-57-34-44)59-54(61-55)42-16-8-14-40(32-42)45-18-10-30-58-35-45/h1-35H. The highest BCUT2D eigenvalue weighted by Gasteiger charge is 2.48. The molecule has 12 rings (SSSR count). The molecule has 290 valence electrons. The molecular formula is C56H35N5O. The minimum Gasteiger partial charge on any atom is -0.456 e. The second-order valence-corrected chi connectivity index (χ2v) is 15.7. The summed E-state index contributed by atoms with van der Waals surface area (Å²) in [7, 11) is 0. The number of hydrogen-bond donors (Lipinski definition) is 0. The number of ether oxygens (including phenoxy) is 1. The minimum atomic E-state index is -0.756. The molecule has 62 heavy (non-hydrogen) atoms. The van der Waals surface area contributed by atoms with Crippen molar-refractivity contribution in [2.45, 2.75) is 5.41 Å². The summed E-state index contributed by atoms with van der Waals surface area (Å²) >= 11 is 0. The maximum Gasteiger partial charge on any atom is 0.164 e. The van der Waals surface area contributed by atoms with Gasteiger partial charge in [-0.25, -0.2) is 15.0 Å². The molecule has 1 spiro atoms. The van der Waals surface area contributed by atoms with E-state index in [0.717, 1.165) is 89.0 Å². The van der Waals surface area contributed by atoms with Crippen molar-refractivity contribution in [2.24, 2.45) is 0 Å². The third kappa shape index (κ3) is 5.76. The molecule has 1 aliphatic heterocycles. The van der Waals surface area contributed by atoms with E-state index in [2.05, 4.69) is 174 Å². The van der Waals surface area contributed by atoms with Gasteiger partial charge in [-0.1, -0.05) is 152 Å². The molecule has 0 amide bonds. The SMILES string of the molecule is C1=Cc2ccc(-c3nc(-c4cccc(-c5cccnc5)c4)nc(-c4cccc(-c5cccnc5)c4)n3)cc2C2(c3ccccc31)c1ccccc1Oc1c2ccc2ccccc12. The zero-order chi connectivity index (χ0) is 41.0. The average Bonchev–Trinajstić information content (AvgIpc) is 3.49. The average molecular weight is 794 g/mol. The van der Waals surface area contributed by atoms with Gasteiger partial charge in [0.1, 0.15) is 11.5 Å². The number of rotatable bonds is 5. The van der Waals surface area contributed by atoms with Gasteiger partial charge in [-0.2, -0.15) is 0 Å². The lowest BCUT2D eigenvalue weighted by Crippen LogP contribution is -2.35. The molecule has 0 saturated carbocycles. The van der Waals surface area contributed by atoms with Crippen LogP contribution in [0.2, 0.25) is 0 Å². The van der Waals surface area contributed by atoms with Gasteiger partial charge in [-0.15, -0.1) is 0 Å². The molecule has 1 unspecified atom stereocenters. The van der Waals surface area contributed by atoms with E-state index in [0.29, 0.717) is 17.5 Å². The number of nitrogens with zero attached hydrogens (tertiary/aromatic N) is 5. The first-order valence-corrected chi connectivity index (χ1v) is 20.7. The fourth-order valence-corrected chi connectivity index (χ4v) is 9.33. The van der Waals surface area contributed by atoms with E-state index in [1.54, 1.807) is 12.4 Å². The van der Waals surface area contributed by atoms with Gasteiger partial charge in [0.15, 0.2) is 17.5 Å². The van der Waals surface area contributed by atoms with Crippen molar-refractivity contribution in [1.82, 2.24) is 24.9 Å². The molecule has 7 aromatic carbocycles. The lowest BCUT2D eigenvalue weighted by molar-refractivity contribution is 0.439. The molecule has 0 bridgehead atoms. The Balaban J connectivity index is 1.12. The molecule has 1 aliphatic carbocycles. The lowest BCUT2D eigenvalue weighted by atomic mass is 9.62. The summed E-state index contributed by atoms with van der Waals surface area (Å²) in [5, 5.41) is 2.19. The van der Waals surface area contributed by atoms with Gasteiger partial charge in [0.25, 0.3) is 0 Å². The fourth-order valence-electron chi connectivity index (χ4n) is 9.33. The van der Waals surface area contributed by atoms with Crippen molar-refractivity contribution in [1.29, 1.82) is 0 Å². The first-order chi connectivity index (χ1) is 30.7. The monoisotopic (exact) mass is 793 g/mol. The Morgan fingerprint density at radius 2 is 0.935 bits per heavy atom. The van der Waals surface area contributed by atoms with Gasteiger partial charge in [0.2, 0.25) is 0 Å². The van der Waals surface area contributed by atoms with Crippen LogP contribution < -0.4 is 4.74 Å².